The maximum absolute atomic E-state index is 12.9. The van der Waals surface area contributed by atoms with Gasteiger partial charge in [0.1, 0.15) is 5.82 Å². The lowest BCUT2D eigenvalue weighted by Gasteiger charge is -2.09. The van der Waals surface area contributed by atoms with Gasteiger partial charge in [0.2, 0.25) is 0 Å². The van der Waals surface area contributed by atoms with Crippen LogP contribution in [-0.4, -0.2) is 21.7 Å². The summed E-state index contributed by atoms with van der Waals surface area (Å²) in [4.78, 5) is 13.8. The molecule has 2 heterocycles. The first-order valence-corrected chi connectivity index (χ1v) is 5.42. The monoisotopic (exact) mass is 233 g/mol. The molecule has 1 aromatic heterocycles. The van der Waals surface area contributed by atoms with Crippen molar-refractivity contribution < 1.29 is 4.39 Å². The second kappa shape index (κ2) is 3.56. The van der Waals surface area contributed by atoms with Crippen LogP contribution in [0.15, 0.2) is 29.1 Å². The summed E-state index contributed by atoms with van der Waals surface area (Å²) in [5.74, 6) is -0.281. The number of hydrogen-bond donors (Lipinski definition) is 1. The van der Waals surface area contributed by atoms with Gasteiger partial charge in [0, 0.05) is 13.1 Å². The first-order chi connectivity index (χ1) is 8.15. The van der Waals surface area contributed by atoms with E-state index in [1.54, 1.807) is 16.8 Å². The van der Waals surface area contributed by atoms with E-state index in [1.807, 2.05) is 7.05 Å². The first-order valence-electron chi connectivity index (χ1n) is 5.42. The number of H-pyrrole nitrogens is 1. The van der Waals surface area contributed by atoms with Gasteiger partial charge in [0.25, 0.3) is 5.56 Å². The van der Waals surface area contributed by atoms with Crippen LogP contribution in [0.3, 0.4) is 0 Å². The zero-order valence-electron chi connectivity index (χ0n) is 9.40. The predicted octanol–water partition coefficient (Wildman–Crippen LogP) is 1.25. The molecular formula is C12H12FN3O. The molecule has 4 nitrogen and oxygen atoms in total. The largest absolute Gasteiger partial charge is 0.296 e. The summed E-state index contributed by atoms with van der Waals surface area (Å²) in [5, 5.41) is 2.78. The number of nitrogens with zero attached hydrogens (tertiary/aromatic N) is 2. The Morgan fingerprint density at radius 2 is 1.94 bits per heavy atom. The normalized spacial score (nSPS) is 15.2. The van der Waals surface area contributed by atoms with E-state index < -0.39 is 0 Å². The van der Waals surface area contributed by atoms with E-state index in [9.17, 15) is 9.18 Å². The van der Waals surface area contributed by atoms with Crippen molar-refractivity contribution >= 4 is 0 Å². The minimum atomic E-state index is -0.281. The molecule has 0 amide bonds. The molecule has 0 saturated heterocycles. The molecule has 0 aliphatic carbocycles. The standard InChI is InChI=1S/C12H12FN3O/c1-15-6-10-11(7-15)16(14-12(10)17)9-4-2-8(13)3-5-9/h2-5H,6-7H2,1H3,(H,14,17). The minimum Gasteiger partial charge on any atom is -0.296 e. The van der Waals surface area contributed by atoms with Crippen LogP contribution in [-0.2, 0) is 13.1 Å². The van der Waals surface area contributed by atoms with E-state index in [2.05, 4.69) is 10.00 Å². The zero-order valence-corrected chi connectivity index (χ0v) is 9.40. The summed E-state index contributed by atoms with van der Waals surface area (Å²) in [6.45, 7) is 1.39. The van der Waals surface area contributed by atoms with Crippen LogP contribution in [0.5, 0.6) is 0 Å². The third kappa shape index (κ3) is 1.59. The van der Waals surface area contributed by atoms with Crippen molar-refractivity contribution in [2.75, 3.05) is 7.05 Å². The lowest BCUT2D eigenvalue weighted by molar-refractivity contribution is 0.345. The van der Waals surface area contributed by atoms with Gasteiger partial charge in [-0.15, -0.1) is 0 Å². The highest BCUT2D eigenvalue weighted by atomic mass is 19.1. The highest BCUT2D eigenvalue weighted by Crippen LogP contribution is 2.20. The number of fused-ring (bicyclic) bond motifs is 1. The van der Waals surface area contributed by atoms with Crippen molar-refractivity contribution in [2.24, 2.45) is 0 Å². The van der Waals surface area contributed by atoms with Gasteiger partial charge in [0.15, 0.2) is 0 Å². The molecule has 5 heteroatoms. The van der Waals surface area contributed by atoms with Crippen molar-refractivity contribution in [3.63, 3.8) is 0 Å². The van der Waals surface area contributed by atoms with Crippen molar-refractivity contribution in [1.82, 2.24) is 14.7 Å². The summed E-state index contributed by atoms with van der Waals surface area (Å²) in [7, 11) is 1.97. The minimum absolute atomic E-state index is 0.0614. The number of halogens is 1. The molecular weight excluding hydrogens is 221 g/mol. The van der Waals surface area contributed by atoms with Crippen LogP contribution in [0.2, 0.25) is 0 Å². The molecule has 1 aliphatic rings. The van der Waals surface area contributed by atoms with Crippen molar-refractivity contribution in [1.29, 1.82) is 0 Å². The van der Waals surface area contributed by atoms with Crippen LogP contribution in [0.4, 0.5) is 4.39 Å². The highest BCUT2D eigenvalue weighted by Gasteiger charge is 2.24. The van der Waals surface area contributed by atoms with Gasteiger partial charge in [-0.25, -0.2) is 4.39 Å². The van der Waals surface area contributed by atoms with Crippen LogP contribution in [0, 0.1) is 5.82 Å². The van der Waals surface area contributed by atoms with Gasteiger partial charge in [-0.1, -0.05) is 0 Å². The van der Waals surface area contributed by atoms with Crippen LogP contribution in [0.1, 0.15) is 11.3 Å². The van der Waals surface area contributed by atoms with Gasteiger partial charge in [0.05, 0.1) is 16.9 Å². The molecule has 0 fully saturated rings. The average Bonchev–Trinajstić information content (AvgIpc) is 2.80. The van der Waals surface area contributed by atoms with Crippen molar-refractivity contribution in [2.45, 2.75) is 13.1 Å². The molecule has 0 unspecified atom stereocenters. The van der Waals surface area contributed by atoms with Gasteiger partial charge in [-0.3, -0.25) is 19.5 Å². The molecule has 0 bridgehead atoms. The fraction of sp³-hybridized carbons (Fsp3) is 0.250. The molecule has 17 heavy (non-hydrogen) atoms. The Bertz CT molecular complexity index is 612. The summed E-state index contributed by atoms with van der Waals surface area (Å²) in [6.07, 6.45) is 0. The molecule has 1 N–H and O–H groups in total. The maximum atomic E-state index is 12.9. The van der Waals surface area contributed by atoms with E-state index in [1.165, 1.54) is 12.1 Å². The molecule has 0 atom stereocenters. The van der Waals surface area contributed by atoms with Crippen molar-refractivity contribution in [3.8, 4) is 5.69 Å². The topological polar surface area (TPSA) is 41.0 Å². The van der Waals surface area contributed by atoms with E-state index >= 15 is 0 Å². The number of benzene rings is 1. The molecule has 0 spiro atoms. The van der Waals surface area contributed by atoms with Gasteiger partial charge < -0.3 is 0 Å². The Morgan fingerprint density at radius 3 is 2.65 bits per heavy atom. The third-order valence-corrected chi connectivity index (χ3v) is 3.04. The highest BCUT2D eigenvalue weighted by molar-refractivity contribution is 5.36. The summed E-state index contributed by atoms with van der Waals surface area (Å²) >= 11 is 0. The Balaban J connectivity index is 2.14. The fourth-order valence-corrected chi connectivity index (χ4v) is 2.22. The Labute approximate surface area is 97.3 Å². The molecule has 0 radical (unpaired) electrons. The molecule has 2 aromatic rings. The Kier molecular flexibility index (Phi) is 2.16. The quantitative estimate of drug-likeness (QED) is 0.805. The van der Waals surface area contributed by atoms with Crippen LogP contribution < -0.4 is 5.56 Å². The lowest BCUT2D eigenvalue weighted by atomic mass is 10.2. The summed E-state index contributed by atoms with van der Waals surface area (Å²) in [5.41, 5.74) is 2.48. The van der Waals surface area contributed by atoms with Crippen molar-refractivity contribution in [3.05, 3.63) is 51.7 Å². The number of nitrogens with one attached hydrogen (secondary N) is 1. The molecule has 0 saturated carbocycles. The third-order valence-electron chi connectivity index (χ3n) is 3.04. The van der Waals surface area contributed by atoms with Gasteiger partial charge in [-0.2, -0.15) is 0 Å². The van der Waals surface area contributed by atoms with Crippen LogP contribution in [0.25, 0.3) is 5.69 Å². The van der Waals surface area contributed by atoms with E-state index in [0.717, 1.165) is 23.5 Å². The van der Waals surface area contributed by atoms with E-state index in [4.69, 9.17) is 0 Å². The smallest absolute Gasteiger partial charge is 0.269 e. The fourth-order valence-electron chi connectivity index (χ4n) is 2.22. The molecule has 88 valence electrons. The van der Waals surface area contributed by atoms with Gasteiger partial charge in [-0.05, 0) is 31.3 Å². The Morgan fingerprint density at radius 1 is 1.24 bits per heavy atom. The first kappa shape index (κ1) is 10.3. The maximum Gasteiger partial charge on any atom is 0.269 e. The number of rotatable bonds is 1. The predicted molar refractivity (Wildman–Crippen MR) is 61.5 cm³/mol. The SMILES string of the molecule is CN1Cc2c(n(-c3ccc(F)cc3)[nH]c2=O)C1. The summed E-state index contributed by atoms with van der Waals surface area (Å²) in [6, 6.07) is 6.09. The Hall–Kier alpha value is -1.88. The second-order valence-electron chi connectivity index (χ2n) is 4.35. The molecule has 1 aromatic carbocycles. The number of hydrogen-bond acceptors (Lipinski definition) is 2. The van der Waals surface area contributed by atoms with Gasteiger partial charge >= 0.3 is 0 Å². The molecule has 3 rings (SSSR count). The van der Waals surface area contributed by atoms with E-state index in [0.29, 0.717) is 6.54 Å². The second-order valence-corrected chi connectivity index (χ2v) is 4.35. The van der Waals surface area contributed by atoms with Crippen LogP contribution >= 0.6 is 0 Å². The zero-order chi connectivity index (χ0) is 12.0. The van der Waals surface area contributed by atoms with E-state index in [-0.39, 0.29) is 11.4 Å². The summed E-state index contributed by atoms with van der Waals surface area (Å²) < 4.78 is 14.6. The number of aromatic nitrogens is 2. The lowest BCUT2D eigenvalue weighted by Crippen LogP contribution is -2.16. The molecule has 1 aliphatic heterocycles. The average molecular weight is 233 g/mol. The number of aromatic amines is 1.